The van der Waals surface area contributed by atoms with Crippen LogP contribution in [0.5, 0.6) is 5.75 Å². The second-order valence-electron chi connectivity index (χ2n) is 6.50. The lowest BCUT2D eigenvalue weighted by Crippen LogP contribution is -2.40. The van der Waals surface area contributed by atoms with Crippen molar-refractivity contribution >= 4 is 17.6 Å². The predicted octanol–water partition coefficient (Wildman–Crippen LogP) is 4.01. The van der Waals surface area contributed by atoms with E-state index in [9.17, 15) is 4.79 Å². The number of nitrogens with one attached hydrogen (secondary N) is 1. The molecular weight excluding hydrogens is 376 g/mol. The minimum absolute atomic E-state index is 0.214. The zero-order valence-electron chi connectivity index (χ0n) is 16.1. The van der Waals surface area contributed by atoms with E-state index in [1.54, 1.807) is 25.3 Å². The molecule has 2 aromatic carbocycles. The molecule has 28 heavy (non-hydrogen) atoms. The third-order valence-corrected chi connectivity index (χ3v) is 4.77. The van der Waals surface area contributed by atoms with E-state index in [0.717, 1.165) is 17.0 Å². The number of carbonyl (C=O) groups is 1. The Morgan fingerprint density at radius 2 is 1.96 bits per heavy atom. The highest BCUT2D eigenvalue weighted by atomic mass is 35.5. The third-order valence-electron chi connectivity index (χ3n) is 4.51. The van der Waals surface area contributed by atoms with Crippen LogP contribution in [-0.4, -0.2) is 34.6 Å². The van der Waals surface area contributed by atoms with Crippen molar-refractivity contribution < 1.29 is 9.53 Å². The molecule has 0 saturated heterocycles. The Morgan fingerprint density at radius 1 is 1.25 bits per heavy atom. The quantitative estimate of drug-likeness (QED) is 0.682. The molecule has 0 fully saturated rings. The third kappa shape index (κ3) is 4.46. The van der Waals surface area contributed by atoms with Gasteiger partial charge in [0, 0.05) is 43.6 Å². The van der Waals surface area contributed by atoms with Gasteiger partial charge in [-0.2, -0.15) is 0 Å². The Labute approximate surface area is 169 Å². The summed E-state index contributed by atoms with van der Waals surface area (Å²) in [6.07, 6.45) is 3.56. The van der Waals surface area contributed by atoms with Crippen LogP contribution in [0, 0.1) is 0 Å². The first-order valence-electron chi connectivity index (χ1n) is 8.85. The van der Waals surface area contributed by atoms with E-state index in [2.05, 4.69) is 10.3 Å². The van der Waals surface area contributed by atoms with Crippen molar-refractivity contribution in [1.29, 1.82) is 0 Å². The van der Waals surface area contributed by atoms with Crippen LogP contribution in [0.25, 0.3) is 0 Å². The lowest BCUT2D eigenvalue weighted by atomic mass is 10.0. The van der Waals surface area contributed by atoms with Gasteiger partial charge >= 0.3 is 6.03 Å². The highest BCUT2D eigenvalue weighted by Crippen LogP contribution is 2.29. The van der Waals surface area contributed by atoms with Gasteiger partial charge in [0.2, 0.25) is 0 Å². The summed E-state index contributed by atoms with van der Waals surface area (Å²) in [6, 6.07) is 14.4. The largest absolute Gasteiger partial charge is 0.496 e. The molecule has 3 rings (SSSR count). The fraction of sp³-hybridized carbons (Fsp3) is 0.238. The van der Waals surface area contributed by atoms with Crippen molar-refractivity contribution in [1.82, 2.24) is 19.8 Å². The van der Waals surface area contributed by atoms with Crippen molar-refractivity contribution in [2.75, 3.05) is 14.2 Å². The molecule has 1 aromatic heterocycles. The second kappa shape index (κ2) is 8.80. The van der Waals surface area contributed by atoms with Crippen LogP contribution in [0.3, 0.4) is 0 Å². The van der Waals surface area contributed by atoms with Gasteiger partial charge in [-0.15, -0.1) is 0 Å². The molecule has 0 saturated carbocycles. The van der Waals surface area contributed by atoms with E-state index in [0.29, 0.717) is 17.3 Å². The molecule has 0 bridgehead atoms. The Kier molecular flexibility index (Phi) is 6.21. The summed E-state index contributed by atoms with van der Waals surface area (Å²) in [5.74, 6) is 1.41. The highest BCUT2D eigenvalue weighted by Gasteiger charge is 2.25. The van der Waals surface area contributed by atoms with Crippen molar-refractivity contribution in [3.63, 3.8) is 0 Å². The molecule has 1 unspecified atom stereocenters. The number of rotatable bonds is 6. The van der Waals surface area contributed by atoms with E-state index < -0.39 is 6.04 Å². The minimum Gasteiger partial charge on any atom is -0.496 e. The number of nitrogens with zero attached hydrogens (tertiary/aromatic N) is 3. The van der Waals surface area contributed by atoms with E-state index >= 15 is 0 Å². The molecule has 1 atom stereocenters. The molecule has 0 spiro atoms. The maximum absolute atomic E-state index is 12.9. The summed E-state index contributed by atoms with van der Waals surface area (Å²) in [5.41, 5.74) is 1.83. The van der Waals surface area contributed by atoms with Gasteiger partial charge < -0.3 is 19.5 Å². The van der Waals surface area contributed by atoms with Crippen LogP contribution in [0.1, 0.15) is 23.0 Å². The van der Waals surface area contributed by atoms with Crippen molar-refractivity contribution in [2.24, 2.45) is 7.05 Å². The van der Waals surface area contributed by atoms with Gasteiger partial charge in [-0.25, -0.2) is 9.78 Å². The van der Waals surface area contributed by atoms with E-state index in [1.807, 2.05) is 66.3 Å². The Bertz CT molecular complexity index is 940. The Balaban J connectivity index is 1.84. The Morgan fingerprint density at radius 3 is 2.61 bits per heavy atom. The van der Waals surface area contributed by atoms with Crippen LogP contribution in [0.2, 0.25) is 5.02 Å². The molecular formula is C21H23ClN4O2. The summed E-state index contributed by atoms with van der Waals surface area (Å²) < 4.78 is 7.38. The predicted molar refractivity (Wildman–Crippen MR) is 109 cm³/mol. The van der Waals surface area contributed by atoms with Crippen LogP contribution < -0.4 is 10.1 Å². The van der Waals surface area contributed by atoms with E-state index in [-0.39, 0.29) is 6.03 Å². The average molecular weight is 399 g/mol. The lowest BCUT2D eigenvalue weighted by Gasteiger charge is -2.25. The van der Waals surface area contributed by atoms with Crippen molar-refractivity contribution in [2.45, 2.75) is 12.6 Å². The van der Waals surface area contributed by atoms with Crippen molar-refractivity contribution in [3.8, 4) is 5.75 Å². The fourth-order valence-corrected chi connectivity index (χ4v) is 3.14. The second-order valence-corrected chi connectivity index (χ2v) is 6.94. The van der Waals surface area contributed by atoms with Crippen LogP contribution in [0.4, 0.5) is 4.79 Å². The molecule has 3 aromatic rings. The zero-order valence-corrected chi connectivity index (χ0v) is 16.8. The number of aromatic nitrogens is 2. The van der Waals surface area contributed by atoms with Gasteiger partial charge in [-0.1, -0.05) is 41.9 Å². The number of methoxy groups -OCH3 is 1. The SMILES string of the molecule is COc1ccccc1C(NC(=O)N(C)Cc1ccc(Cl)cc1)c1nccn1C. The van der Waals surface area contributed by atoms with Crippen LogP contribution >= 0.6 is 11.6 Å². The summed E-state index contributed by atoms with van der Waals surface area (Å²) in [6.45, 7) is 0.461. The maximum Gasteiger partial charge on any atom is 0.318 e. The number of urea groups is 1. The fourth-order valence-electron chi connectivity index (χ4n) is 3.01. The number of halogens is 1. The lowest BCUT2D eigenvalue weighted by molar-refractivity contribution is 0.203. The molecule has 1 N–H and O–H groups in total. The number of amides is 2. The number of hydrogen-bond acceptors (Lipinski definition) is 3. The summed E-state index contributed by atoms with van der Waals surface area (Å²) in [5, 5.41) is 3.75. The molecule has 146 valence electrons. The van der Waals surface area contributed by atoms with Gasteiger partial charge in [-0.3, -0.25) is 0 Å². The number of para-hydroxylation sites is 1. The average Bonchev–Trinajstić information content (AvgIpc) is 3.13. The molecule has 1 heterocycles. The molecule has 0 aliphatic heterocycles. The highest BCUT2D eigenvalue weighted by molar-refractivity contribution is 6.30. The summed E-state index contributed by atoms with van der Waals surface area (Å²) in [4.78, 5) is 19.0. The van der Waals surface area contributed by atoms with Gasteiger partial charge in [0.15, 0.2) is 0 Å². The summed E-state index contributed by atoms with van der Waals surface area (Å²) in [7, 11) is 5.26. The molecule has 0 radical (unpaired) electrons. The first-order chi connectivity index (χ1) is 13.5. The van der Waals surface area contributed by atoms with Gasteiger partial charge in [-0.05, 0) is 23.8 Å². The molecule has 2 amide bonds. The van der Waals surface area contributed by atoms with Crippen LogP contribution in [0.15, 0.2) is 60.9 Å². The maximum atomic E-state index is 12.9. The van der Waals surface area contributed by atoms with Crippen molar-refractivity contribution in [3.05, 3.63) is 82.9 Å². The first kappa shape index (κ1) is 19.8. The monoisotopic (exact) mass is 398 g/mol. The van der Waals surface area contributed by atoms with Gasteiger partial charge in [0.1, 0.15) is 17.6 Å². The molecule has 0 aliphatic carbocycles. The normalized spacial score (nSPS) is 11.7. The van der Waals surface area contributed by atoms with E-state index in [4.69, 9.17) is 16.3 Å². The number of benzene rings is 2. The molecule has 6 nitrogen and oxygen atoms in total. The van der Waals surface area contributed by atoms with Gasteiger partial charge in [0.05, 0.1) is 7.11 Å². The number of hydrogen-bond donors (Lipinski definition) is 1. The standard InChI is InChI=1S/C21H23ClN4O2/c1-25-13-12-23-20(25)19(17-6-4-5-7-18(17)28-3)24-21(27)26(2)14-15-8-10-16(22)11-9-15/h4-13,19H,14H2,1-3H3,(H,24,27). The first-order valence-corrected chi connectivity index (χ1v) is 9.23. The molecule has 0 aliphatic rings. The Hall–Kier alpha value is -2.99. The van der Waals surface area contributed by atoms with E-state index in [1.165, 1.54) is 0 Å². The number of ether oxygens (including phenoxy) is 1. The minimum atomic E-state index is -0.448. The van der Waals surface area contributed by atoms with Gasteiger partial charge in [0.25, 0.3) is 0 Å². The number of imidazole rings is 1. The zero-order chi connectivity index (χ0) is 20.1. The topological polar surface area (TPSA) is 59.4 Å². The number of carbonyl (C=O) groups excluding carboxylic acids is 1. The smallest absolute Gasteiger partial charge is 0.318 e. The van der Waals surface area contributed by atoms with Crippen LogP contribution in [-0.2, 0) is 13.6 Å². The molecule has 7 heteroatoms. The number of aryl methyl sites for hydroxylation is 1. The summed E-state index contributed by atoms with van der Waals surface area (Å²) >= 11 is 5.93.